The first-order valence-electron chi connectivity index (χ1n) is 14.5. The molecule has 0 saturated carbocycles. The lowest BCUT2D eigenvalue weighted by molar-refractivity contribution is 0.112. The Labute approximate surface area is 272 Å². The van der Waals surface area contributed by atoms with Gasteiger partial charge in [-0.1, -0.05) is 30.1 Å². The van der Waals surface area contributed by atoms with Crippen molar-refractivity contribution in [3.8, 4) is 6.07 Å². The van der Waals surface area contributed by atoms with Gasteiger partial charge in [-0.3, -0.25) is 9.99 Å². The molecule has 8 nitrogen and oxygen atoms in total. The molecule has 1 atom stereocenters. The second kappa shape index (κ2) is 13.2. The number of rotatable bonds is 8. The van der Waals surface area contributed by atoms with E-state index in [1.807, 2.05) is 11.2 Å². The summed E-state index contributed by atoms with van der Waals surface area (Å²) in [5.74, 6) is -4.84. The Morgan fingerprint density at radius 3 is 2.39 bits per heavy atom. The van der Waals surface area contributed by atoms with Crippen LogP contribution in [-0.4, -0.2) is 40.6 Å². The molecule has 3 aromatic carbocycles. The average molecular weight is 672 g/mol. The molecule has 6 rings (SSSR count). The van der Waals surface area contributed by atoms with Crippen LogP contribution >= 0.6 is 23.2 Å². The molecular weight excluding hydrogens is 643 g/mol. The van der Waals surface area contributed by atoms with Crippen molar-refractivity contribution in [1.29, 1.82) is 5.26 Å². The molecule has 0 bridgehead atoms. The van der Waals surface area contributed by atoms with Gasteiger partial charge in [0.2, 0.25) is 0 Å². The van der Waals surface area contributed by atoms with E-state index in [4.69, 9.17) is 23.2 Å². The molecule has 0 aliphatic carbocycles. The van der Waals surface area contributed by atoms with E-state index >= 15 is 0 Å². The Morgan fingerprint density at radius 2 is 1.72 bits per heavy atom. The number of pyridine rings is 1. The minimum atomic E-state index is -1.57. The van der Waals surface area contributed by atoms with Crippen LogP contribution in [0, 0.1) is 34.6 Å². The standard InChI is InChI=1S/C32H28Cl2F4N8/c1-2-45-7-5-21(6-8-45)46-16-28(43-44-46)31(17-9-26(36)29(38)27(37)10-17)42-20-11-22-30(41-19-3-4-25(35)23(33)12-19)18(14-39)15-40-32(22)24(34)13-20/h3-4,9-13,15-16,21,31,42-44H,2,5-8H2,1H3,(H,40,41). The highest BCUT2D eigenvalue weighted by molar-refractivity contribution is 6.36. The minimum Gasteiger partial charge on any atom is -0.373 e. The molecule has 0 spiro atoms. The lowest BCUT2D eigenvalue weighted by Crippen LogP contribution is -2.48. The quantitative estimate of drug-likeness (QED) is 0.113. The van der Waals surface area contributed by atoms with Crippen LogP contribution in [0.25, 0.3) is 10.9 Å². The maximum absolute atomic E-state index is 14.5. The van der Waals surface area contributed by atoms with E-state index in [9.17, 15) is 22.8 Å². The summed E-state index contributed by atoms with van der Waals surface area (Å²) in [6.07, 6.45) is 5.01. The molecule has 0 amide bonds. The zero-order valence-corrected chi connectivity index (χ0v) is 26.0. The average Bonchev–Trinajstić information content (AvgIpc) is 3.54. The van der Waals surface area contributed by atoms with Crippen LogP contribution in [0.4, 0.5) is 34.6 Å². The van der Waals surface area contributed by atoms with E-state index in [1.165, 1.54) is 24.4 Å². The molecule has 3 heterocycles. The van der Waals surface area contributed by atoms with Crippen LogP contribution in [0.3, 0.4) is 0 Å². The molecule has 4 aromatic rings. The zero-order chi connectivity index (χ0) is 32.5. The first-order valence-corrected chi connectivity index (χ1v) is 15.3. The molecule has 4 N–H and O–H groups in total. The summed E-state index contributed by atoms with van der Waals surface area (Å²) in [4.78, 5) is 6.72. The van der Waals surface area contributed by atoms with Gasteiger partial charge in [-0.05, 0) is 67.4 Å². The van der Waals surface area contributed by atoms with Crippen LogP contribution < -0.4 is 21.6 Å². The molecule has 1 fully saturated rings. The molecule has 1 unspecified atom stereocenters. The van der Waals surface area contributed by atoms with Crippen molar-refractivity contribution in [3.63, 3.8) is 0 Å². The molecule has 2 aliphatic rings. The molecule has 0 radical (unpaired) electrons. The van der Waals surface area contributed by atoms with Crippen molar-refractivity contribution in [3.05, 3.63) is 105 Å². The lowest BCUT2D eigenvalue weighted by atomic mass is 10.0. The SMILES string of the molecule is CCN1CCC(N2C=C(C(Nc3cc(Cl)c4ncc(C#N)c(Nc5ccc(F)c(Cl)c5)c4c3)c3cc(F)c(F)c(F)c3)NN2)CC1. The third kappa shape index (κ3) is 6.37. The van der Waals surface area contributed by atoms with E-state index in [1.54, 1.807) is 12.1 Å². The Balaban J connectivity index is 1.40. The first kappa shape index (κ1) is 31.7. The summed E-state index contributed by atoms with van der Waals surface area (Å²) < 4.78 is 56.9. The monoisotopic (exact) mass is 670 g/mol. The number of hydrazine groups is 2. The van der Waals surface area contributed by atoms with Crippen LogP contribution in [0.2, 0.25) is 10.0 Å². The highest BCUT2D eigenvalue weighted by Crippen LogP contribution is 2.38. The van der Waals surface area contributed by atoms with Gasteiger partial charge in [0.25, 0.3) is 0 Å². The number of hydrogen-bond acceptors (Lipinski definition) is 8. The number of aromatic nitrogens is 1. The van der Waals surface area contributed by atoms with Gasteiger partial charge in [-0.2, -0.15) is 5.26 Å². The van der Waals surface area contributed by atoms with Gasteiger partial charge in [0.1, 0.15) is 11.9 Å². The number of likely N-dealkylation sites (tertiary alicyclic amines) is 1. The summed E-state index contributed by atoms with van der Waals surface area (Å²) in [6, 6.07) is 10.5. The fourth-order valence-electron chi connectivity index (χ4n) is 5.73. The fraction of sp³-hybridized carbons (Fsp3) is 0.250. The molecule has 2 aliphatic heterocycles. The number of anilines is 3. The van der Waals surface area contributed by atoms with Gasteiger partial charge >= 0.3 is 0 Å². The summed E-state index contributed by atoms with van der Waals surface area (Å²) >= 11 is 12.7. The second-order valence-electron chi connectivity index (χ2n) is 11.0. The molecule has 1 saturated heterocycles. The number of piperidine rings is 1. The van der Waals surface area contributed by atoms with E-state index in [-0.39, 0.29) is 27.2 Å². The Hall–Kier alpha value is -4.28. The predicted molar refractivity (Wildman–Crippen MR) is 170 cm³/mol. The van der Waals surface area contributed by atoms with Gasteiger partial charge in [-0.15, -0.1) is 5.53 Å². The van der Waals surface area contributed by atoms with Crippen molar-refractivity contribution >= 4 is 51.2 Å². The molecular formula is C32H28Cl2F4N8. The summed E-state index contributed by atoms with van der Waals surface area (Å²) in [5.41, 5.74) is 8.56. The lowest BCUT2D eigenvalue weighted by Gasteiger charge is -2.35. The van der Waals surface area contributed by atoms with Gasteiger partial charge in [-0.25, -0.2) is 17.6 Å². The molecule has 1 aromatic heterocycles. The highest BCUT2D eigenvalue weighted by atomic mass is 35.5. The molecule has 14 heteroatoms. The van der Waals surface area contributed by atoms with Crippen molar-refractivity contribution in [2.24, 2.45) is 0 Å². The smallest absolute Gasteiger partial charge is 0.194 e. The normalized spacial score (nSPS) is 16.2. The van der Waals surface area contributed by atoms with Crippen molar-refractivity contribution in [2.45, 2.75) is 31.8 Å². The number of benzene rings is 3. The van der Waals surface area contributed by atoms with E-state index in [2.05, 4.69) is 44.5 Å². The number of halogens is 6. The Morgan fingerprint density at radius 1 is 1.00 bits per heavy atom. The topological polar surface area (TPSA) is 91.3 Å². The largest absolute Gasteiger partial charge is 0.373 e. The maximum atomic E-state index is 14.5. The first-order chi connectivity index (χ1) is 22.1. The van der Waals surface area contributed by atoms with Gasteiger partial charge < -0.3 is 21.0 Å². The minimum absolute atomic E-state index is 0.110. The van der Waals surface area contributed by atoms with Gasteiger partial charge in [0.05, 0.1) is 38.6 Å². The van der Waals surface area contributed by atoms with Crippen molar-refractivity contribution < 1.29 is 17.6 Å². The third-order valence-corrected chi connectivity index (χ3v) is 8.78. The predicted octanol–water partition coefficient (Wildman–Crippen LogP) is 7.52. The summed E-state index contributed by atoms with van der Waals surface area (Å²) in [7, 11) is 0. The van der Waals surface area contributed by atoms with E-state index in [0.29, 0.717) is 33.7 Å². The maximum Gasteiger partial charge on any atom is 0.194 e. The summed E-state index contributed by atoms with van der Waals surface area (Å²) in [5, 5.41) is 18.7. The number of nitrogens with zero attached hydrogens (tertiary/aromatic N) is 4. The Kier molecular flexibility index (Phi) is 9.11. The van der Waals surface area contributed by atoms with Crippen LogP contribution in [0.15, 0.2) is 60.6 Å². The van der Waals surface area contributed by atoms with Crippen LogP contribution in [0.1, 0.15) is 36.9 Å². The number of fused-ring (bicyclic) bond motifs is 1. The summed E-state index contributed by atoms with van der Waals surface area (Å²) in [6.45, 7) is 4.97. The number of nitrogens with one attached hydrogen (secondary N) is 4. The highest BCUT2D eigenvalue weighted by Gasteiger charge is 2.30. The van der Waals surface area contributed by atoms with E-state index in [0.717, 1.165) is 44.6 Å². The van der Waals surface area contributed by atoms with Crippen molar-refractivity contribution in [1.82, 2.24) is 25.9 Å². The van der Waals surface area contributed by atoms with Crippen LogP contribution in [-0.2, 0) is 0 Å². The van der Waals surface area contributed by atoms with Crippen LogP contribution in [0.5, 0.6) is 0 Å². The van der Waals surface area contributed by atoms with Gasteiger partial charge in [0.15, 0.2) is 17.5 Å². The molecule has 46 heavy (non-hydrogen) atoms. The second-order valence-corrected chi connectivity index (χ2v) is 11.9. The van der Waals surface area contributed by atoms with Crippen molar-refractivity contribution in [2.75, 3.05) is 30.3 Å². The van der Waals surface area contributed by atoms with E-state index < -0.39 is 29.3 Å². The molecule has 238 valence electrons. The Bertz CT molecular complexity index is 1850. The van der Waals surface area contributed by atoms with Gasteiger partial charge in [0, 0.05) is 48.3 Å². The zero-order valence-electron chi connectivity index (χ0n) is 24.4. The fourth-order valence-corrected chi connectivity index (χ4v) is 6.18. The number of hydrogen-bond donors (Lipinski definition) is 4. The third-order valence-electron chi connectivity index (χ3n) is 8.20. The number of nitriles is 1.